The number of nitrogens with zero attached hydrogens (tertiary/aromatic N) is 4. The average Bonchev–Trinajstić information content (AvgIpc) is 2.81. The van der Waals surface area contributed by atoms with Crippen molar-refractivity contribution >= 4 is 22.7 Å². The summed E-state index contributed by atoms with van der Waals surface area (Å²) in [6.07, 6.45) is -12.5. The lowest BCUT2D eigenvalue weighted by Crippen LogP contribution is -2.55. The van der Waals surface area contributed by atoms with Crippen LogP contribution in [0.15, 0.2) is 24.3 Å². The number of nitro groups is 2. The third-order valence-corrected chi connectivity index (χ3v) is 6.46. The summed E-state index contributed by atoms with van der Waals surface area (Å²) in [6, 6.07) is 0.594. The van der Waals surface area contributed by atoms with E-state index in [-0.39, 0.29) is 38.3 Å². The van der Waals surface area contributed by atoms with Crippen molar-refractivity contribution in [3.63, 3.8) is 0 Å². The van der Waals surface area contributed by atoms with Gasteiger partial charge in [0.15, 0.2) is 0 Å². The predicted octanol–water partition coefficient (Wildman–Crippen LogP) is 6.02. The van der Waals surface area contributed by atoms with Crippen LogP contribution in [0.4, 0.5) is 49.1 Å². The van der Waals surface area contributed by atoms with Gasteiger partial charge < -0.3 is 20.0 Å². The molecular formula is C23H26F6N4O6. The summed E-state index contributed by atoms with van der Waals surface area (Å²) < 4.78 is 89.3. The van der Waals surface area contributed by atoms with E-state index in [1.807, 2.05) is 0 Å². The fourth-order valence-corrected chi connectivity index (χ4v) is 4.51. The second kappa shape index (κ2) is 11.0. The summed E-state index contributed by atoms with van der Waals surface area (Å²) in [7, 11) is 0. The van der Waals surface area contributed by atoms with Crippen LogP contribution in [0.1, 0.15) is 38.8 Å². The van der Waals surface area contributed by atoms with Crippen LogP contribution in [0.25, 0.3) is 0 Å². The molecule has 10 nitrogen and oxygen atoms in total. The van der Waals surface area contributed by atoms with Gasteiger partial charge in [-0.05, 0) is 51.0 Å². The molecule has 0 aliphatic heterocycles. The van der Waals surface area contributed by atoms with Crippen LogP contribution in [-0.2, 0) is 5.41 Å². The Balaban J connectivity index is 3.30. The third kappa shape index (κ3) is 5.18. The van der Waals surface area contributed by atoms with E-state index in [0.717, 1.165) is 9.80 Å². The number of halogens is 6. The quantitative estimate of drug-likeness (QED) is 0.202. The summed E-state index contributed by atoms with van der Waals surface area (Å²) >= 11 is 0. The average molecular weight is 568 g/mol. The van der Waals surface area contributed by atoms with Gasteiger partial charge >= 0.3 is 23.7 Å². The van der Waals surface area contributed by atoms with E-state index in [0.29, 0.717) is 12.1 Å². The number of alkyl halides is 6. The van der Waals surface area contributed by atoms with Gasteiger partial charge in [0.25, 0.3) is 0 Å². The van der Waals surface area contributed by atoms with Crippen LogP contribution in [0.3, 0.4) is 0 Å². The molecule has 0 atom stereocenters. The van der Waals surface area contributed by atoms with Gasteiger partial charge in [0.2, 0.25) is 16.9 Å². The number of hydrogen-bond donors (Lipinski definition) is 2. The molecule has 0 fully saturated rings. The topological polar surface area (TPSA) is 133 Å². The zero-order valence-electron chi connectivity index (χ0n) is 21.2. The van der Waals surface area contributed by atoms with Crippen molar-refractivity contribution in [1.82, 2.24) is 0 Å². The highest BCUT2D eigenvalue weighted by atomic mass is 19.4. The molecule has 0 aromatic heterocycles. The van der Waals surface area contributed by atoms with Crippen molar-refractivity contribution in [3.8, 4) is 11.5 Å². The summed E-state index contributed by atoms with van der Waals surface area (Å²) in [5.41, 5.74) is -12.6. The highest BCUT2D eigenvalue weighted by molar-refractivity contribution is 5.73. The van der Waals surface area contributed by atoms with Gasteiger partial charge in [0.1, 0.15) is 0 Å². The number of aromatic hydroxyl groups is 2. The van der Waals surface area contributed by atoms with Crippen molar-refractivity contribution < 1.29 is 46.4 Å². The standard InChI is InChI=1S/C23H26F6N4O6/c1-5-30(6-2)15-9-13(11-17(19(15)34)32(36)37)21(22(24,25)26,23(27,28)29)14-10-16(31(7-3)8-4)20(35)18(12-14)33(38)39/h9-12,34-35H,5-8H2,1-4H3. The van der Waals surface area contributed by atoms with Gasteiger partial charge in [-0.2, -0.15) is 26.3 Å². The molecule has 0 spiro atoms. The molecule has 0 aliphatic carbocycles. The third-order valence-electron chi connectivity index (χ3n) is 6.46. The molecule has 0 heterocycles. The minimum Gasteiger partial charge on any atom is -0.501 e. The summed E-state index contributed by atoms with van der Waals surface area (Å²) in [6.45, 7) is 5.64. The largest absolute Gasteiger partial charge is 0.501 e. The summed E-state index contributed by atoms with van der Waals surface area (Å²) in [5, 5.41) is 44.1. The minimum absolute atomic E-state index is 0.0426. The zero-order valence-corrected chi connectivity index (χ0v) is 21.2. The normalized spacial score (nSPS) is 12.4. The number of nitro benzene ring substituents is 2. The fourth-order valence-electron chi connectivity index (χ4n) is 4.51. The molecule has 2 aromatic carbocycles. The number of phenolic OH excluding ortho intramolecular Hbond substituents is 2. The molecule has 216 valence electrons. The molecule has 39 heavy (non-hydrogen) atoms. The van der Waals surface area contributed by atoms with Crippen molar-refractivity contribution in [3.05, 3.63) is 55.6 Å². The molecule has 0 bridgehead atoms. The number of benzene rings is 2. The van der Waals surface area contributed by atoms with Crippen LogP contribution < -0.4 is 9.80 Å². The van der Waals surface area contributed by atoms with E-state index in [2.05, 4.69) is 0 Å². The maximum Gasteiger partial charge on any atom is 0.411 e. The molecule has 2 aromatic rings. The lowest BCUT2D eigenvalue weighted by Gasteiger charge is -2.39. The monoisotopic (exact) mass is 568 g/mol. The van der Waals surface area contributed by atoms with E-state index in [9.17, 15) is 56.8 Å². The first-order chi connectivity index (χ1) is 17.9. The number of rotatable bonds is 10. The SMILES string of the molecule is CCN(CC)c1cc(C(c2cc(N(CC)CC)c(O)c([N+](=O)[O-])c2)(C(F)(F)F)C(F)(F)F)cc([N+](=O)[O-])c1O. The van der Waals surface area contributed by atoms with E-state index in [1.165, 1.54) is 27.7 Å². The Labute approximate surface area is 218 Å². The minimum atomic E-state index is -6.26. The van der Waals surface area contributed by atoms with Crippen LogP contribution in [0.2, 0.25) is 0 Å². The van der Waals surface area contributed by atoms with Crippen LogP contribution >= 0.6 is 0 Å². The first-order valence-electron chi connectivity index (χ1n) is 11.6. The molecule has 0 saturated heterocycles. The summed E-state index contributed by atoms with van der Waals surface area (Å²) in [4.78, 5) is 22.8. The van der Waals surface area contributed by atoms with Crippen LogP contribution in [0, 0.1) is 20.2 Å². The summed E-state index contributed by atoms with van der Waals surface area (Å²) in [5.74, 6) is -2.29. The van der Waals surface area contributed by atoms with Crippen molar-refractivity contribution in [2.24, 2.45) is 0 Å². The Hall–Kier alpha value is -3.98. The number of hydrogen-bond acceptors (Lipinski definition) is 8. The van der Waals surface area contributed by atoms with Gasteiger partial charge in [0, 0.05) is 38.3 Å². The first kappa shape index (κ1) is 31.2. The number of anilines is 2. The van der Waals surface area contributed by atoms with Crippen LogP contribution in [-0.4, -0.2) is 58.6 Å². The lowest BCUT2D eigenvalue weighted by molar-refractivity contribution is -0.386. The number of phenols is 2. The fraction of sp³-hybridized carbons (Fsp3) is 0.478. The Morgan fingerprint density at radius 1 is 0.667 bits per heavy atom. The molecule has 2 rings (SSSR count). The van der Waals surface area contributed by atoms with Crippen molar-refractivity contribution in [2.45, 2.75) is 45.5 Å². The molecular weight excluding hydrogens is 542 g/mol. The van der Waals surface area contributed by atoms with Gasteiger partial charge in [-0.1, -0.05) is 0 Å². The van der Waals surface area contributed by atoms with Crippen LogP contribution in [0.5, 0.6) is 11.5 Å². The van der Waals surface area contributed by atoms with Gasteiger partial charge in [-0.3, -0.25) is 20.2 Å². The van der Waals surface area contributed by atoms with E-state index in [4.69, 9.17) is 0 Å². The molecule has 0 unspecified atom stereocenters. The predicted molar refractivity (Wildman–Crippen MR) is 130 cm³/mol. The zero-order chi connectivity index (χ0) is 30.1. The van der Waals surface area contributed by atoms with E-state index >= 15 is 0 Å². The second-order valence-corrected chi connectivity index (χ2v) is 8.33. The molecule has 2 N–H and O–H groups in total. The van der Waals surface area contributed by atoms with Gasteiger partial charge in [-0.15, -0.1) is 0 Å². The maximum absolute atomic E-state index is 14.9. The maximum atomic E-state index is 14.9. The van der Waals surface area contributed by atoms with Gasteiger partial charge in [0.05, 0.1) is 21.2 Å². The van der Waals surface area contributed by atoms with Crippen molar-refractivity contribution in [1.29, 1.82) is 0 Å². The Morgan fingerprint density at radius 3 is 1.15 bits per heavy atom. The van der Waals surface area contributed by atoms with E-state index < -0.39 is 73.0 Å². The first-order valence-corrected chi connectivity index (χ1v) is 11.6. The highest BCUT2D eigenvalue weighted by Gasteiger charge is 2.73. The van der Waals surface area contributed by atoms with Gasteiger partial charge in [-0.25, -0.2) is 0 Å². The molecule has 0 amide bonds. The highest BCUT2D eigenvalue weighted by Crippen LogP contribution is 2.59. The Bertz CT molecular complexity index is 1150. The Morgan fingerprint density at radius 2 is 0.949 bits per heavy atom. The molecule has 0 radical (unpaired) electrons. The van der Waals surface area contributed by atoms with E-state index in [1.54, 1.807) is 0 Å². The second-order valence-electron chi connectivity index (χ2n) is 8.33. The molecule has 0 saturated carbocycles. The Kier molecular flexibility index (Phi) is 8.83. The smallest absolute Gasteiger partial charge is 0.411 e. The lowest BCUT2D eigenvalue weighted by atomic mass is 9.72. The van der Waals surface area contributed by atoms with Crippen molar-refractivity contribution in [2.75, 3.05) is 36.0 Å². The molecule has 0 aliphatic rings. The molecule has 16 heteroatoms.